The van der Waals surface area contributed by atoms with Crippen LogP contribution in [-0.2, 0) is 17.9 Å². The fourth-order valence-electron chi connectivity index (χ4n) is 3.47. The summed E-state index contributed by atoms with van der Waals surface area (Å²) in [5.74, 6) is 1.65. The number of benzene rings is 2. The normalized spacial score (nSPS) is 11.2. The number of ether oxygens (including phenoxy) is 1. The molecule has 4 rings (SSSR count). The molecule has 6 nitrogen and oxygen atoms in total. The molecule has 0 aliphatic rings. The molecule has 162 valence electrons. The molecule has 2 aromatic heterocycles. The summed E-state index contributed by atoms with van der Waals surface area (Å²) in [4.78, 5) is 20.9. The number of nitrogens with zero attached hydrogens (tertiary/aromatic N) is 3. The van der Waals surface area contributed by atoms with Gasteiger partial charge < -0.3 is 14.6 Å². The first-order chi connectivity index (χ1) is 15.7. The highest BCUT2D eigenvalue weighted by molar-refractivity contribution is 5.91. The van der Waals surface area contributed by atoms with Crippen LogP contribution in [0, 0.1) is 6.92 Å². The summed E-state index contributed by atoms with van der Waals surface area (Å²) < 4.78 is 7.92. The first kappa shape index (κ1) is 21.3. The molecule has 0 aliphatic heterocycles. The van der Waals surface area contributed by atoms with Crippen molar-refractivity contribution in [2.45, 2.75) is 26.5 Å². The molecule has 1 amide bonds. The number of imidazole rings is 1. The largest absolute Gasteiger partial charge is 0.487 e. The van der Waals surface area contributed by atoms with E-state index in [2.05, 4.69) is 25.9 Å². The molecule has 2 aromatic carbocycles. The van der Waals surface area contributed by atoms with Crippen LogP contribution in [0.15, 0.2) is 79.0 Å². The SMILES string of the molecule is Cc1nc2ccccc2n1CCCNC(=O)C=Cc1ccc(OCc2ccccn2)cc1. The van der Waals surface area contributed by atoms with Crippen LogP contribution in [0.25, 0.3) is 17.1 Å². The molecule has 2 heterocycles. The zero-order valence-electron chi connectivity index (χ0n) is 18.1. The van der Waals surface area contributed by atoms with Crippen molar-refractivity contribution in [2.24, 2.45) is 0 Å². The number of hydrogen-bond donors (Lipinski definition) is 1. The molecule has 32 heavy (non-hydrogen) atoms. The Bertz CT molecular complexity index is 1200. The maximum Gasteiger partial charge on any atom is 0.244 e. The highest BCUT2D eigenvalue weighted by Crippen LogP contribution is 2.16. The van der Waals surface area contributed by atoms with Gasteiger partial charge in [-0.05, 0) is 61.4 Å². The van der Waals surface area contributed by atoms with Gasteiger partial charge in [0.1, 0.15) is 18.2 Å². The van der Waals surface area contributed by atoms with E-state index < -0.39 is 0 Å². The Hall–Kier alpha value is -3.93. The van der Waals surface area contributed by atoms with E-state index in [1.165, 1.54) is 0 Å². The zero-order valence-corrected chi connectivity index (χ0v) is 18.1. The van der Waals surface area contributed by atoms with Gasteiger partial charge in [0.25, 0.3) is 0 Å². The molecule has 0 bridgehead atoms. The second kappa shape index (κ2) is 10.4. The number of carbonyl (C=O) groups excluding carboxylic acids is 1. The van der Waals surface area contributed by atoms with Gasteiger partial charge in [0.2, 0.25) is 5.91 Å². The van der Waals surface area contributed by atoms with Crippen LogP contribution in [-0.4, -0.2) is 27.0 Å². The van der Waals surface area contributed by atoms with Gasteiger partial charge in [-0.15, -0.1) is 0 Å². The lowest BCUT2D eigenvalue weighted by Crippen LogP contribution is -2.23. The van der Waals surface area contributed by atoms with Gasteiger partial charge in [0.05, 0.1) is 16.7 Å². The smallest absolute Gasteiger partial charge is 0.244 e. The van der Waals surface area contributed by atoms with E-state index in [-0.39, 0.29) is 5.91 Å². The summed E-state index contributed by atoms with van der Waals surface area (Å²) in [5, 5.41) is 2.94. The molecule has 0 saturated carbocycles. The maximum atomic E-state index is 12.1. The van der Waals surface area contributed by atoms with E-state index in [4.69, 9.17) is 4.74 Å². The van der Waals surface area contributed by atoms with Crippen molar-refractivity contribution in [1.82, 2.24) is 19.9 Å². The Balaban J connectivity index is 1.21. The van der Waals surface area contributed by atoms with Crippen molar-refractivity contribution in [3.8, 4) is 5.75 Å². The van der Waals surface area contributed by atoms with Gasteiger partial charge in [0.15, 0.2) is 0 Å². The molecule has 0 spiro atoms. The van der Waals surface area contributed by atoms with Crippen LogP contribution in [0.2, 0.25) is 0 Å². The number of nitrogens with one attached hydrogen (secondary N) is 1. The number of pyridine rings is 1. The summed E-state index contributed by atoms with van der Waals surface area (Å²) in [6.07, 6.45) is 5.94. The van der Waals surface area contributed by atoms with Crippen LogP contribution in [0.1, 0.15) is 23.5 Å². The number of aryl methyl sites for hydroxylation is 2. The molecule has 0 unspecified atom stereocenters. The molecule has 6 heteroatoms. The Morgan fingerprint density at radius 3 is 2.69 bits per heavy atom. The molecule has 1 N–H and O–H groups in total. The van der Waals surface area contributed by atoms with Crippen molar-refractivity contribution in [1.29, 1.82) is 0 Å². The number of amides is 1. The topological polar surface area (TPSA) is 69.0 Å². The van der Waals surface area contributed by atoms with Gasteiger partial charge in [-0.3, -0.25) is 9.78 Å². The van der Waals surface area contributed by atoms with Gasteiger partial charge in [-0.1, -0.05) is 30.3 Å². The third kappa shape index (κ3) is 5.60. The minimum Gasteiger partial charge on any atom is -0.487 e. The van der Waals surface area contributed by atoms with E-state index in [0.717, 1.165) is 46.8 Å². The fraction of sp³-hybridized carbons (Fsp3) is 0.192. The molecule has 0 radical (unpaired) electrons. The van der Waals surface area contributed by atoms with Crippen molar-refractivity contribution in [2.75, 3.05) is 6.54 Å². The van der Waals surface area contributed by atoms with Crippen LogP contribution in [0.4, 0.5) is 0 Å². The monoisotopic (exact) mass is 426 g/mol. The van der Waals surface area contributed by atoms with Gasteiger partial charge in [-0.2, -0.15) is 0 Å². The molecule has 0 atom stereocenters. The second-order valence-corrected chi connectivity index (χ2v) is 7.46. The fourth-order valence-corrected chi connectivity index (χ4v) is 3.47. The summed E-state index contributed by atoms with van der Waals surface area (Å²) in [6.45, 7) is 3.86. The van der Waals surface area contributed by atoms with E-state index in [1.807, 2.05) is 67.6 Å². The number of rotatable bonds is 9. The summed E-state index contributed by atoms with van der Waals surface area (Å²) in [7, 11) is 0. The van der Waals surface area contributed by atoms with Crippen molar-refractivity contribution < 1.29 is 9.53 Å². The van der Waals surface area contributed by atoms with Gasteiger partial charge in [0, 0.05) is 25.4 Å². The first-order valence-corrected chi connectivity index (χ1v) is 10.7. The number of carbonyl (C=O) groups is 1. The summed E-state index contributed by atoms with van der Waals surface area (Å²) in [5.41, 5.74) is 3.95. The van der Waals surface area contributed by atoms with E-state index >= 15 is 0 Å². The highest BCUT2D eigenvalue weighted by Gasteiger charge is 2.06. The Morgan fingerprint density at radius 1 is 1.06 bits per heavy atom. The lowest BCUT2D eigenvalue weighted by Gasteiger charge is -2.07. The summed E-state index contributed by atoms with van der Waals surface area (Å²) >= 11 is 0. The molecule has 0 fully saturated rings. The van der Waals surface area contributed by atoms with Crippen LogP contribution in [0.5, 0.6) is 5.75 Å². The maximum absolute atomic E-state index is 12.1. The Morgan fingerprint density at radius 2 is 1.88 bits per heavy atom. The molecule has 0 saturated heterocycles. The van der Waals surface area contributed by atoms with Gasteiger partial charge >= 0.3 is 0 Å². The number of fused-ring (bicyclic) bond motifs is 1. The third-order valence-corrected chi connectivity index (χ3v) is 5.12. The number of para-hydroxylation sites is 2. The van der Waals surface area contributed by atoms with Crippen LogP contribution in [0.3, 0.4) is 0 Å². The number of hydrogen-bond acceptors (Lipinski definition) is 4. The highest BCUT2D eigenvalue weighted by atomic mass is 16.5. The minimum absolute atomic E-state index is 0.104. The first-order valence-electron chi connectivity index (χ1n) is 10.7. The predicted octanol–water partition coefficient (Wildman–Crippen LogP) is 4.54. The van der Waals surface area contributed by atoms with Crippen molar-refractivity contribution in [3.63, 3.8) is 0 Å². The zero-order chi connectivity index (χ0) is 22.2. The third-order valence-electron chi connectivity index (χ3n) is 5.12. The Kier molecular flexibility index (Phi) is 6.92. The van der Waals surface area contributed by atoms with Crippen LogP contribution >= 0.6 is 0 Å². The van der Waals surface area contributed by atoms with Crippen molar-refractivity contribution in [3.05, 3.63) is 96.1 Å². The predicted molar refractivity (Wildman–Crippen MR) is 126 cm³/mol. The molecular weight excluding hydrogens is 400 g/mol. The van der Waals surface area contributed by atoms with Crippen molar-refractivity contribution >= 4 is 23.0 Å². The molecular formula is C26H26N4O2. The van der Waals surface area contributed by atoms with E-state index in [9.17, 15) is 4.79 Å². The summed E-state index contributed by atoms with van der Waals surface area (Å²) in [6, 6.07) is 21.5. The van der Waals surface area contributed by atoms with E-state index in [1.54, 1.807) is 18.3 Å². The second-order valence-electron chi connectivity index (χ2n) is 7.46. The lowest BCUT2D eigenvalue weighted by molar-refractivity contribution is -0.116. The van der Waals surface area contributed by atoms with Gasteiger partial charge in [-0.25, -0.2) is 4.98 Å². The Labute approximate surface area is 187 Å². The number of aromatic nitrogens is 3. The lowest BCUT2D eigenvalue weighted by atomic mass is 10.2. The van der Waals surface area contributed by atoms with Crippen LogP contribution < -0.4 is 10.1 Å². The average Bonchev–Trinajstić information content (AvgIpc) is 3.15. The molecule has 0 aliphatic carbocycles. The van der Waals surface area contributed by atoms with E-state index in [0.29, 0.717) is 13.2 Å². The molecule has 4 aromatic rings. The quantitative estimate of drug-likeness (QED) is 0.315. The standard InChI is InChI=1S/C26H26N4O2/c1-20-29-24-8-2-3-9-25(24)30(20)18-6-17-28-26(31)15-12-21-10-13-23(14-11-21)32-19-22-7-4-5-16-27-22/h2-5,7-16H,6,17-19H2,1H3,(H,28,31). The average molecular weight is 427 g/mol. The minimum atomic E-state index is -0.104.